The van der Waals surface area contributed by atoms with Gasteiger partial charge in [0.1, 0.15) is 0 Å². The molecule has 2 saturated carbocycles. The van der Waals surface area contributed by atoms with Crippen molar-refractivity contribution in [3.05, 3.63) is 23.3 Å². The second-order valence-corrected chi connectivity index (χ2v) is 10.3. The fraction of sp³-hybridized carbons (Fsp3) is 0.684. The van der Waals surface area contributed by atoms with E-state index in [4.69, 9.17) is 9.32 Å². The molecule has 2 fully saturated rings. The SMILES string of the molecule is CSc1cc2c(cc1OS(N)(=O)=O)CC[C@@H]1[C@@H]2CC[C@]2(C)CCC[C@@H]12. The van der Waals surface area contributed by atoms with Crippen LogP contribution >= 0.6 is 11.8 Å². The molecule has 138 valence electrons. The zero-order valence-corrected chi connectivity index (χ0v) is 16.6. The third kappa shape index (κ3) is 3.10. The van der Waals surface area contributed by atoms with E-state index in [1.54, 1.807) is 0 Å². The Hall–Kier alpha value is -0.720. The molecule has 4 nitrogen and oxygen atoms in total. The monoisotopic (exact) mass is 381 g/mol. The molecule has 0 aliphatic heterocycles. The smallest absolute Gasteiger partial charge is 0.370 e. The lowest BCUT2D eigenvalue weighted by atomic mass is 9.56. The van der Waals surface area contributed by atoms with E-state index in [1.165, 1.54) is 61.4 Å². The Kier molecular flexibility index (Phi) is 4.36. The summed E-state index contributed by atoms with van der Waals surface area (Å²) in [6.07, 6.45) is 10.9. The number of hydrogen-bond donors (Lipinski definition) is 1. The van der Waals surface area contributed by atoms with Gasteiger partial charge < -0.3 is 4.18 Å². The molecule has 0 bridgehead atoms. The maximum absolute atomic E-state index is 11.4. The number of benzene rings is 1. The Morgan fingerprint density at radius 2 is 2.04 bits per heavy atom. The lowest BCUT2D eigenvalue weighted by molar-refractivity contribution is 0.0597. The summed E-state index contributed by atoms with van der Waals surface area (Å²) in [4.78, 5) is 0.869. The molecule has 6 heteroatoms. The molecule has 0 amide bonds. The summed E-state index contributed by atoms with van der Waals surface area (Å²) >= 11 is 1.52. The molecule has 1 aromatic rings. The number of rotatable bonds is 3. The molecule has 0 spiro atoms. The van der Waals surface area contributed by atoms with Crippen LogP contribution in [0.1, 0.15) is 62.5 Å². The van der Waals surface area contributed by atoms with Gasteiger partial charge in [-0.05, 0) is 91.2 Å². The molecule has 0 saturated heterocycles. The fourth-order valence-corrected chi connectivity index (χ4v) is 6.91. The quantitative estimate of drug-likeness (QED) is 0.795. The first-order chi connectivity index (χ1) is 11.8. The molecule has 25 heavy (non-hydrogen) atoms. The van der Waals surface area contributed by atoms with Crippen molar-refractivity contribution in [1.29, 1.82) is 0 Å². The topological polar surface area (TPSA) is 69.4 Å². The van der Waals surface area contributed by atoms with Crippen molar-refractivity contribution in [1.82, 2.24) is 0 Å². The normalized spacial score (nSPS) is 34.1. The Morgan fingerprint density at radius 1 is 1.24 bits per heavy atom. The van der Waals surface area contributed by atoms with Crippen LogP contribution in [0.5, 0.6) is 5.75 Å². The number of nitrogens with two attached hydrogens (primary N) is 1. The minimum absolute atomic E-state index is 0.383. The molecule has 4 rings (SSSR count). The van der Waals surface area contributed by atoms with Gasteiger partial charge in [0.2, 0.25) is 0 Å². The van der Waals surface area contributed by atoms with Gasteiger partial charge >= 0.3 is 10.3 Å². The van der Waals surface area contributed by atoms with Crippen LogP contribution in [0.2, 0.25) is 0 Å². The molecule has 0 aromatic heterocycles. The number of thioether (sulfide) groups is 1. The van der Waals surface area contributed by atoms with Gasteiger partial charge in [-0.1, -0.05) is 13.3 Å². The number of fused-ring (bicyclic) bond motifs is 5. The Morgan fingerprint density at radius 3 is 2.76 bits per heavy atom. The predicted octanol–water partition coefficient (Wildman–Crippen LogP) is 4.24. The lowest BCUT2D eigenvalue weighted by Gasteiger charge is -2.49. The first-order valence-electron chi connectivity index (χ1n) is 9.24. The third-order valence-electron chi connectivity index (χ3n) is 7.00. The zero-order chi connectivity index (χ0) is 17.8. The molecule has 2 N–H and O–H groups in total. The molecule has 4 atom stereocenters. The van der Waals surface area contributed by atoms with Crippen LogP contribution in [0.3, 0.4) is 0 Å². The van der Waals surface area contributed by atoms with E-state index >= 15 is 0 Å². The van der Waals surface area contributed by atoms with Crippen molar-refractivity contribution in [2.75, 3.05) is 6.26 Å². The van der Waals surface area contributed by atoms with Gasteiger partial charge in [-0.2, -0.15) is 13.6 Å². The van der Waals surface area contributed by atoms with E-state index in [-0.39, 0.29) is 0 Å². The van der Waals surface area contributed by atoms with Crippen LogP contribution in [0.15, 0.2) is 17.0 Å². The number of hydrogen-bond acceptors (Lipinski definition) is 4. The van der Waals surface area contributed by atoms with Crippen molar-refractivity contribution in [2.24, 2.45) is 22.4 Å². The van der Waals surface area contributed by atoms with Crippen molar-refractivity contribution < 1.29 is 12.6 Å². The van der Waals surface area contributed by atoms with Crippen LogP contribution in [0, 0.1) is 17.3 Å². The summed E-state index contributed by atoms with van der Waals surface area (Å²) in [7, 11) is -3.99. The van der Waals surface area contributed by atoms with E-state index in [2.05, 4.69) is 13.0 Å². The predicted molar refractivity (Wildman–Crippen MR) is 101 cm³/mol. The van der Waals surface area contributed by atoms with Gasteiger partial charge in [-0.15, -0.1) is 11.8 Å². The van der Waals surface area contributed by atoms with Crippen LogP contribution in [0.4, 0.5) is 0 Å². The van der Waals surface area contributed by atoms with E-state index in [9.17, 15) is 8.42 Å². The molecular formula is C19H27NO3S2. The van der Waals surface area contributed by atoms with E-state index in [1.807, 2.05) is 12.3 Å². The van der Waals surface area contributed by atoms with Crippen molar-refractivity contribution in [3.8, 4) is 5.75 Å². The van der Waals surface area contributed by atoms with Gasteiger partial charge in [0.15, 0.2) is 5.75 Å². The second-order valence-electron chi connectivity index (χ2n) is 8.28. The highest BCUT2D eigenvalue weighted by Crippen LogP contribution is 2.61. The summed E-state index contributed by atoms with van der Waals surface area (Å²) in [5.41, 5.74) is 3.23. The summed E-state index contributed by atoms with van der Waals surface area (Å²) in [5.74, 6) is 2.65. The molecule has 1 aromatic carbocycles. The second kappa shape index (κ2) is 6.17. The van der Waals surface area contributed by atoms with Crippen molar-refractivity contribution in [2.45, 2.75) is 62.7 Å². The maximum Gasteiger partial charge on any atom is 0.380 e. The largest absolute Gasteiger partial charge is 0.380 e. The summed E-state index contributed by atoms with van der Waals surface area (Å²) < 4.78 is 27.8. The zero-order valence-electron chi connectivity index (χ0n) is 15.0. The molecule has 0 heterocycles. The molecule has 3 aliphatic rings. The van der Waals surface area contributed by atoms with Gasteiger partial charge in [0.25, 0.3) is 0 Å². The summed E-state index contributed by atoms with van der Waals surface area (Å²) in [5, 5.41) is 5.09. The first-order valence-corrected chi connectivity index (χ1v) is 11.9. The van der Waals surface area contributed by atoms with Gasteiger partial charge in [0.05, 0.1) is 4.90 Å². The Balaban J connectivity index is 1.71. The van der Waals surface area contributed by atoms with Crippen LogP contribution < -0.4 is 9.32 Å². The van der Waals surface area contributed by atoms with Crippen molar-refractivity contribution >= 4 is 22.1 Å². The first kappa shape index (κ1) is 17.7. The van der Waals surface area contributed by atoms with E-state index in [0.29, 0.717) is 17.1 Å². The highest BCUT2D eigenvalue weighted by atomic mass is 32.2. The number of aryl methyl sites for hydroxylation is 1. The van der Waals surface area contributed by atoms with Gasteiger partial charge in [0, 0.05) is 0 Å². The maximum atomic E-state index is 11.4. The average molecular weight is 382 g/mol. The van der Waals surface area contributed by atoms with Gasteiger partial charge in [-0.3, -0.25) is 0 Å². The highest BCUT2D eigenvalue weighted by molar-refractivity contribution is 7.98. The third-order valence-corrected chi connectivity index (χ3v) is 8.17. The molecule has 3 aliphatic carbocycles. The lowest BCUT2D eigenvalue weighted by Crippen LogP contribution is -2.39. The van der Waals surface area contributed by atoms with E-state index in [0.717, 1.165) is 23.2 Å². The Bertz CT molecular complexity index is 792. The van der Waals surface area contributed by atoms with Crippen LogP contribution in [0.25, 0.3) is 0 Å². The average Bonchev–Trinajstić information content (AvgIpc) is 2.94. The van der Waals surface area contributed by atoms with Gasteiger partial charge in [-0.25, -0.2) is 0 Å². The molecule has 0 radical (unpaired) electrons. The van der Waals surface area contributed by atoms with Crippen molar-refractivity contribution in [3.63, 3.8) is 0 Å². The summed E-state index contributed by atoms with van der Waals surface area (Å²) in [6, 6.07) is 4.10. The standard InChI is InChI=1S/C19H27NO3S2/c1-19-8-3-4-16(19)14-6-5-12-10-17(23-25(20,21)22)18(24-2)11-15(12)13(14)7-9-19/h10-11,13-14,16H,3-9H2,1-2H3,(H2,20,21,22)/t13-,14+,16-,19-/m0/s1. The van der Waals surface area contributed by atoms with Crippen LogP contribution in [-0.2, 0) is 16.7 Å². The Labute approximate surface area is 155 Å². The van der Waals surface area contributed by atoms with E-state index < -0.39 is 10.3 Å². The molecular weight excluding hydrogens is 354 g/mol. The highest BCUT2D eigenvalue weighted by Gasteiger charge is 2.50. The molecule has 0 unspecified atom stereocenters. The minimum atomic E-state index is -3.99. The fourth-order valence-electron chi connectivity index (χ4n) is 5.92. The van der Waals surface area contributed by atoms with Crippen LogP contribution in [-0.4, -0.2) is 14.7 Å². The summed E-state index contributed by atoms with van der Waals surface area (Å²) in [6.45, 7) is 2.51. The minimum Gasteiger partial charge on any atom is -0.370 e.